The van der Waals surface area contributed by atoms with Crippen LogP contribution in [0.4, 0.5) is 10.1 Å². The number of benzodiazepines with no additional fused rings is 1. The average Bonchev–Trinajstić information content (AvgIpc) is 2.91. The molecule has 0 bridgehead atoms. The van der Waals surface area contributed by atoms with Crippen LogP contribution in [0.3, 0.4) is 0 Å². The number of hydrogen-bond acceptors (Lipinski definition) is 5. The third kappa shape index (κ3) is 4.04. The summed E-state index contributed by atoms with van der Waals surface area (Å²) in [6.45, 7) is 0. The Morgan fingerprint density at radius 3 is 2.37 bits per heavy atom. The van der Waals surface area contributed by atoms with Gasteiger partial charge in [0.25, 0.3) is 5.91 Å². The third-order valence-electron chi connectivity index (χ3n) is 4.77. The van der Waals surface area contributed by atoms with Gasteiger partial charge in [-0.2, -0.15) is 0 Å². The molecule has 1 amide bonds. The van der Waals surface area contributed by atoms with E-state index in [0.29, 0.717) is 33.1 Å². The number of fused-ring (bicyclic) bond motifs is 1. The Kier molecular flexibility index (Phi) is 5.76. The molecule has 1 aliphatic rings. The molecule has 0 spiro atoms. The molecule has 4 rings (SSSR count). The summed E-state index contributed by atoms with van der Waals surface area (Å²) in [5.74, 6) is 4.97. The summed E-state index contributed by atoms with van der Waals surface area (Å²) in [5.41, 5.74) is 5.21. The molecular weight excluding hydrogens is 405 g/mol. The molecule has 0 aliphatic carbocycles. The zero-order valence-electron chi connectivity index (χ0n) is 15.8. The highest BCUT2D eigenvalue weighted by Crippen LogP contribution is 2.26. The molecule has 2 unspecified atom stereocenters. The lowest BCUT2D eigenvalue weighted by Crippen LogP contribution is -2.55. The van der Waals surface area contributed by atoms with E-state index in [4.69, 9.17) is 22.4 Å². The number of nitrogens with one attached hydrogen (secondary N) is 3. The number of para-hydroxylation sites is 1. The highest BCUT2D eigenvalue weighted by Gasteiger charge is 2.29. The van der Waals surface area contributed by atoms with Crippen LogP contribution >= 0.6 is 11.6 Å². The third-order valence-corrected chi connectivity index (χ3v) is 5.02. The number of aliphatic imine (C=N–C) groups is 1. The molecule has 0 saturated heterocycles. The van der Waals surface area contributed by atoms with Gasteiger partial charge >= 0.3 is 0 Å². The zero-order valence-corrected chi connectivity index (χ0v) is 16.5. The van der Waals surface area contributed by atoms with E-state index >= 15 is 0 Å². The number of rotatable bonds is 4. The molecular formula is C22H19ClFN5O. The summed E-state index contributed by atoms with van der Waals surface area (Å²) in [6.07, 6.45) is -1.45. The smallest absolute Gasteiger partial charge is 0.253 e. The number of hydrazine groups is 1. The second kappa shape index (κ2) is 8.62. The molecule has 1 heterocycles. The van der Waals surface area contributed by atoms with E-state index in [1.54, 1.807) is 42.5 Å². The SMILES string of the molecule is NNC1Nc2ccccc2C(c2ccccc2F)=NC1NC(=O)c1ccc(Cl)cc1. The van der Waals surface area contributed by atoms with Crippen LogP contribution in [0.5, 0.6) is 0 Å². The van der Waals surface area contributed by atoms with E-state index in [1.807, 2.05) is 24.3 Å². The predicted octanol–water partition coefficient (Wildman–Crippen LogP) is 3.29. The summed E-state index contributed by atoms with van der Waals surface area (Å²) >= 11 is 5.90. The van der Waals surface area contributed by atoms with Gasteiger partial charge in [0.05, 0.1) is 5.71 Å². The van der Waals surface area contributed by atoms with Crippen LogP contribution in [0.15, 0.2) is 77.8 Å². The molecule has 5 N–H and O–H groups in total. The summed E-state index contributed by atoms with van der Waals surface area (Å²) in [4.78, 5) is 17.5. The maximum atomic E-state index is 14.6. The number of hydrogen-bond donors (Lipinski definition) is 4. The van der Waals surface area contributed by atoms with Crippen LogP contribution in [-0.4, -0.2) is 24.0 Å². The highest BCUT2D eigenvalue weighted by molar-refractivity contribution is 6.30. The molecule has 3 aromatic carbocycles. The fraction of sp³-hybridized carbons (Fsp3) is 0.0909. The van der Waals surface area contributed by atoms with Gasteiger partial charge in [0.15, 0.2) is 6.17 Å². The van der Waals surface area contributed by atoms with Gasteiger partial charge in [0, 0.05) is 27.4 Å². The number of amides is 1. The van der Waals surface area contributed by atoms with Gasteiger partial charge in [-0.25, -0.2) is 9.82 Å². The summed E-state index contributed by atoms with van der Waals surface area (Å²) < 4.78 is 14.6. The minimum Gasteiger partial charge on any atom is -0.365 e. The lowest BCUT2D eigenvalue weighted by molar-refractivity contribution is 0.0932. The van der Waals surface area contributed by atoms with E-state index in [0.717, 1.165) is 0 Å². The van der Waals surface area contributed by atoms with Crippen molar-refractivity contribution in [3.63, 3.8) is 0 Å². The molecule has 152 valence electrons. The Balaban J connectivity index is 1.77. The minimum atomic E-state index is -0.819. The maximum Gasteiger partial charge on any atom is 0.253 e. The lowest BCUT2D eigenvalue weighted by atomic mass is 10.0. The minimum absolute atomic E-state index is 0.329. The highest BCUT2D eigenvalue weighted by atomic mass is 35.5. The van der Waals surface area contributed by atoms with Crippen molar-refractivity contribution in [1.29, 1.82) is 0 Å². The van der Waals surface area contributed by atoms with E-state index in [1.165, 1.54) is 6.07 Å². The molecule has 8 heteroatoms. The van der Waals surface area contributed by atoms with E-state index in [9.17, 15) is 9.18 Å². The Labute approximate surface area is 177 Å². The van der Waals surface area contributed by atoms with Gasteiger partial charge in [-0.05, 0) is 42.5 Å². The molecule has 0 aromatic heterocycles. The fourth-order valence-corrected chi connectivity index (χ4v) is 3.41. The fourth-order valence-electron chi connectivity index (χ4n) is 3.28. The Morgan fingerprint density at radius 1 is 1.00 bits per heavy atom. The van der Waals surface area contributed by atoms with Crippen LogP contribution in [0.2, 0.25) is 5.02 Å². The first-order chi connectivity index (χ1) is 14.6. The summed E-state index contributed by atoms with van der Waals surface area (Å²) in [7, 11) is 0. The zero-order chi connectivity index (χ0) is 21.1. The van der Waals surface area contributed by atoms with E-state index in [2.05, 4.69) is 16.1 Å². The Bertz CT molecular complexity index is 1100. The number of carbonyl (C=O) groups excluding carboxylic acids is 1. The van der Waals surface area contributed by atoms with Crippen LogP contribution in [-0.2, 0) is 0 Å². The number of nitrogens with zero attached hydrogens (tertiary/aromatic N) is 1. The van der Waals surface area contributed by atoms with E-state index in [-0.39, 0.29) is 5.91 Å². The van der Waals surface area contributed by atoms with Crippen LogP contribution < -0.4 is 21.9 Å². The maximum absolute atomic E-state index is 14.6. The molecule has 2 atom stereocenters. The van der Waals surface area contributed by atoms with E-state index < -0.39 is 18.1 Å². The molecule has 6 nitrogen and oxygen atoms in total. The molecule has 1 aliphatic heterocycles. The second-order valence-corrected chi connectivity index (χ2v) is 7.15. The first kappa shape index (κ1) is 20.0. The largest absolute Gasteiger partial charge is 0.365 e. The number of nitrogens with two attached hydrogens (primary N) is 1. The van der Waals surface area contributed by atoms with Crippen molar-refractivity contribution in [2.24, 2.45) is 10.8 Å². The van der Waals surface area contributed by atoms with Gasteiger partial charge in [-0.1, -0.05) is 41.9 Å². The molecule has 30 heavy (non-hydrogen) atoms. The van der Waals surface area contributed by atoms with Crippen molar-refractivity contribution in [3.05, 3.63) is 100 Å². The van der Waals surface area contributed by atoms with Gasteiger partial charge in [0.2, 0.25) is 0 Å². The van der Waals surface area contributed by atoms with Gasteiger partial charge in [-0.3, -0.25) is 15.6 Å². The first-order valence-electron chi connectivity index (χ1n) is 9.28. The number of carbonyl (C=O) groups is 1. The topological polar surface area (TPSA) is 91.5 Å². The van der Waals surface area contributed by atoms with Crippen molar-refractivity contribution in [3.8, 4) is 0 Å². The van der Waals surface area contributed by atoms with Crippen molar-refractivity contribution in [2.75, 3.05) is 5.32 Å². The number of benzene rings is 3. The van der Waals surface area contributed by atoms with Crippen molar-refractivity contribution < 1.29 is 9.18 Å². The van der Waals surface area contributed by atoms with Crippen LogP contribution in [0.25, 0.3) is 0 Å². The van der Waals surface area contributed by atoms with Crippen molar-refractivity contribution in [1.82, 2.24) is 10.7 Å². The van der Waals surface area contributed by atoms with Crippen molar-refractivity contribution in [2.45, 2.75) is 12.3 Å². The molecule has 0 saturated carbocycles. The summed E-state index contributed by atoms with van der Waals surface area (Å²) in [5, 5.41) is 6.62. The van der Waals surface area contributed by atoms with Crippen LogP contribution in [0, 0.1) is 5.82 Å². The monoisotopic (exact) mass is 423 g/mol. The first-order valence-corrected chi connectivity index (χ1v) is 9.66. The number of anilines is 1. The van der Waals surface area contributed by atoms with Crippen molar-refractivity contribution >= 4 is 28.9 Å². The lowest BCUT2D eigenvalue weighted by Gasteiger charge is -2.24. The number of halogens is 2. The molecule has 0 radical (unpaired) electrons. The van der Waals surface area contributed by atoms with Gasteiger partial charge in [-0.15, -0.1) is 0 Å². The Morgan fingerprint density at radius 2 is 1.67 bits per heavy atom. The normalized spacial score (nSPS) is 17.9. The Hall–Kier alpha value is -3.26. The average molecular weight is 424 g/mol. The van der Waals surface area contributed by atoms with Crippen LogP contribution in [0.1, 0.15) is 21.5 Å². The predicted molar refractivity (Wildman–Crippen MR) is 116 cm³/mol. The quantitative estimate of drug-likeness (QED) is 0.383. The second-order valence-electron chi connectivity index (χ2n) is 6.72. The standard InChI is InChI=1S/C22H19ClFN5O/c23-14-11-9-13(10-12-14)22(30)28-20-21(29-25)26-18-8-4-2-6-16(18)19(27-20)15-5-1-3-7-17(15)24/h1-12,20-21,26,29H,25H2,(H,28,30). The molecule has 3 aromatic rings. The van der Waals surface area contributed by atoms with Gasteiger partial charge < -0.3 is 10.6 Å². The van der Waals surface area contributed by atoms with Gasteiger partial charge in [0.1, 0.15) is 12.0 Å². The summed E-state index contributed by atoms with van der Waals surface area (Å²) in [6, 6.07) is 20.2. The molecule has 0 fully saturated rings.